The van der Waals surface area contributed by atoms with Crippen molar-refractivity contribution in [3.05, 3.63) is 23.8 Å². The minimum Gasteiger partial charge on any atom is -0.372 e. The Morgan fingerprint density at radius 1 is 1.35 bits per heavy atom. The largest absolute Gasteiger partial charge is 0.411 e. The van der Waals surface area contributed by atoms with Crippen LogP contribution in [-0.2, 0) is 4.74 Å². The second kappa shape index (κ2) is 6.49. The van der Waals surface area contributed by atoms with Gasteiger partial charge in [0.25, 0.3) is 0 Å². The first-order valence-corrected chi connectivity index (χ1v) is 7.16. The predicted molar refractivity (Wildman–Crippen MR) is 73.0 cm³/mol. The van der Waals surface area contributed by atoms with E-state index in [0.717, 1.165) is 21.8 Å². The van der Waals surface area contributed by atoms with Crippen molar-refractivity contribution < 1.29 is 17.9 Å². The summed E-state index contributed by atoms with van der Waals surface area (Å²) in [7, 11) is 0. The normalized spacial score (nSPS) is 12.2. The smallest absolute Gasteiger partial charge is 0.372 e. The van der Waals surface area contributed by atoms with Crippen molar-refractivity contribution in [1.82, 2.24) is 9.97 Å². The molecule has 2 aromatic rings. The maximum atomic E-state index is 11.8. The van der Waals surface area contributed by atoms with Gasteiger partial charge in [-0.15, -0.1) is 0 Å². The molecule has 1 N–H and O–H groups in total. The summed E-state index contributed by atoms with van der Waals surface area (Å²) in [5.41, 5.74) is 3.02. The van der Waals surface area contributed by atoms with E-state index in [1.54, 1.807) is 0 Å². The first-order chi connectivity index (χ1) is 9.44. The molecule has 0 radical (unpaired) electrons. The maximum absolute atomic E-state index is 11.8. The van der Waals surface area contributed by atoms with Crippen molar-refractivity contribution >= 4 is 22.8 Å². The van der Waals surface area contributed by atoms with E-state index >= 15 is 0 Å². The molecular formula is C13H15F3N2OS. The van der Waals surface area contributed by atoms with Crippen LogP contribution in [0.15, 0.2) is 23.4 Å². The molecule has 7 heteroatoms. The van der Waals surface area contributed by atoms with Gasteiger partial charge in [-0.05, 0) is 31.0 Å². The van der Waals surface area contributed by atoms with E-state index in [1.165, 1.54) is 11.8 Å². The molecule has 0 aliphatic rings. The molecule has 0 bridgehead atoms. The van der Waals surface area contributed by atoms with E-state index in [0.29, 0.717) is 12.2 Å². The minimum atomic E-state index is -4.25. The number of imidazole rings is 1. The van der Waals surface area contributed by atoms with Crippen molar-refractivity contribution in [1.29, 1.82) is 0 Å². The Kier molecular flexibility index (Phi) is 4.93. The zero-order valence-electron chi connectivity index (χ0n) is 11.0. The quantitative estimate of drug-likeness (QED) is 0.649. The number of fused-ring (bicyclic) bond motifs is 1. The van der Waals surface area contributed by atoms with Gasteiger partial charge in [-0.2, -0.15) is 13.2 Å². The van der Waals surface area contributed by atoms with Crippen LogP contribution in [0.25, 0.3) is 11.0 Å². The first kappa shape index (κ1) is 15.2. The number of hydrogen-bond donors (Lipinski definition) is 1. The number of benzene rings is 1. The number of H-pyrrole nitrogens is 1. The molecule has 0 saturated carbocycles. The summed E-state index contributed by atoms with van der Waals surface area (Å²) >= 11 is 1.48. The number of nitrogens with one attached hydrogen (secondary N) is 1. The van der Waals surface area contributed by atoms with Crippen LogP contribution in [0.1, 0.15) is 12.0 Å². The highest BCUT2D eigenvalue weighted by atomic mass is 32.2. The number of thioether (sulfide) groups is 1. The average molecular weight is 304 g/mol. The maximum Gasteiger partial charge on any atom is 0.411 e. The van der Waals surface area contributed by atoms with Gasteiger partial charge in [0, 0.05) is 12.4 Å². The van der Waals surface area contributed by atoms with E-state index in [1.807, 2.05) is 25.1 Å². The topological polar surface area (TPSA) is 37.9 Å². The Bertz CT molecular complexity index is 568. The Hall–Kier alpha value is -1.21. The average Bonchev–Trinajstić information content (AvgIpc) is 2.74. The van der Waals surface area contributed by atoms with Crippen molar-refractivity contribution in [3.8, 4) is 0 Å². The number of alkyl halides is 3. The highest BCUT2D eigenvalue weighted by Gasteiger charge is 2.27. The fraction of sp³-hybridized carbons (Fsp3) is 0.462. The van der Waals surface area contributed by atoms with Gasteiger partial charge in [-0.1, -0.05) is 17.8 Å². The third-order valence-corrected chi connectivity index (χ3v) is 3.51. The van der Waals surface area contributed by atoms with E-state index in [9.17, 15) is 13.2 Å². The lowest BCUT2D eigenvalue weighted by molar-refractivity contribution is -0.173. The zero-order valence-corrected chi connectivity index (χ0v) is 11.8. The highest BCUT2D eigenvalue weighted by molar-refractivity contribution is 7.99. The van der Waals surface area contributed by atoms with E-state index in [4.69, 9.17) is 0 Å². The Labute approximate surface area is 118 Å². The van der Waals surface area contributed by atoms with Crippen LogP contribution in [0.5, 0.6) is 0 Å². The molecule has 0 spiro atoms. The molecule has 0 amide bonds. The van der Waals surface area contributed by atoms with Crippen molar-refractivity contribution in [2.75, 3.05) is 19.0 Å². The molecular weight excluding hydrogens is 289 g/mol. The number of ether oxygens (including phenoxy) is 1. The predicted octanol–water partition coefficient (Wildman–Crippen LogP) is 3.93. The van der Waals surface area contributed by atoms with Gasteiger partial charge in [-0.3, -0.25) is 0 Å². The van der Waals surface area contributed by atoms with Crippen LogP contribution in [0.2, 0.25) is 0 Å². The van der Waals surface area contributed by atoms with Gasteiger partial charge in [-0.25, -0.2) is 4.98 Å². The number of nitrogens with zero attached hydrogens (tertiary/aromatic N) is 1. The highest BCUT2D eigenvalue weighted by Crippen LogP contribution is 2.21. The molecule has 1 heterocycles. The Balaban J connectivity index is 1.73. The molecule has 0 aliphatic carbocycles. The SMILES string of the molecule is Cc1ccc2nc(SCCCOCC(F)(F)F)[nH]c2c1. The molecule has 1 aromatic heterocycles. The van der Waals surface area contributed by atoms with Crippen LogP contribution < -0.4 is 0 Å². The molecule has 1 aromatic carbocycles. The molecule has 0 fully saturated rings. The summed E-state index contributed by atoms with van der Waals surface area (Å²) in [5, 5.41) is 0.779. The van der Waals surface area contributed by atoms with Crippen molar-refractivity contribution in [2.24, 2.45) is 0 Å². The molecule has 20 heavy (non-hydrogen) atoms. The monoisotopic (exact) mass is 304 g/mol. The van der Waals surface area contributed by atoms with E-state index < -0.39 is 12.8 Å². The molecule has 2 rings (SSSR count). The second-order valence-corrected chi connectivity index (χ2v) is 5.52. The summed E-state index contributed by atoms with van der Waals surface area (Å²) in [6.45, 7) is 0.929. The second-order valence-electron chi connectivity index (χ2n) is 4.43. The van der Waals surface area contributed by atoms with Crippen LogP contribution in [0.4, 0.5) is 13.2 Å². The number of rotatable bonds is 6. The molecule has 0 saturated heterocycles. The van der Waals surface area contributed by atoms with Gasteiger partial charge in [0.1, 0.15) is 6.61 Å². The minimum absolute atomic E-state index is 0.103. The van der Waals surface area contributed by atoms with Crippen molar-refractivity contribution in [3.63, 3.8) is 0 Å². The third-order valence-electron chi connectivity index (χ3n) is 2.55. The zero-order chi connectivity index (χ0) is 14.6. The van der Waals surface area contributed by atoms with Crippen LogP contribution in [-0.4, -0.2) is 35.1 Å². The van der Waals surface area contributed by atoms with Gasteiger partial charge in [0.2, 0.25) is 0 Å². The van der Waals surface area contributed by atoms with Gasteiger partial charge >= 0.3 is 6.18 Å². The summed E-state index contributed by atoms with van der Waals surface area (Å²) < 4.78 is 40.0. The Morgan fingerprint density at radius 2 is 2.15 bits per heavy atom. The molecule has 0 atom stereocenters. The summed E-state index contributed by atoms with van der Waals surface area (Å²) in [4.78, 5) is 7.58. The molecule has 0 unspecified atom stereocenters. The van der Waals surface area contributed by atoms with Gasteiger partial charge in [0.05, 0.1) is 11.0 Å². The molecule has 0 aliphatic heterocycles. The fourth-order valence-corrected chi connectivity index (χ4v) is 2.49. The van der Waals surface area contributed by atoms with Gasteiger partial charge < -0.3 is 9.72 Å². The van der Waals surface area contributed by atoms with Crippen LogP contribution in [0.3, 0.4) is 0 Å². The number of hydrogen-bond acceptors (Lipinski definition) is 3. The summed E-state index contributed by atoms with van der Waals surface area (Å²) in [6, 6.07) is 5.94. The summed E-state index contributed by atoms with van der Waals surface area (Å²) in [6.07, 6.45) is -3.69. The first-order valence-electron chi connectivity index (χ1n) is 6.18. The lowest BCUT2D eigenvalue weighted by Crippen LogP contribution is -2.17. The lowest BCUT2D eigenvalue weighted by Gasteiger charge is -2.06. The van der Waals surface area contributed by atoms with Crippen LogP contribution in [0, 0.1) is 6.92 Å². The fourth-order valence-electron chi connectivity index (χ4n) is 1.69. The number of aromatic nitrogens is 2. The van der Waals surface area contributed by atoms with Crippen molar-refractivity contribution in [2.45, 2.75) is 24.7 Å². The number of halogens is 3. The van der Waals surface area contributed by atoms with Crippen LogP contribution >= 0.6 is 11.8 Å². The standard InChI is InChI=1S/C13H15F3N2OS/c1-9-3-4-10-11(7-9)18-12(17-10)20-6-2-5-19-8-13(14,15)16/h3-4,7H,2,5-6,8H2,1H3,(H,17,18). The lowest BCUT2D eigenvalue weighted by atomic mass is 10.2. The van der Waals surface area contributed by atoms with E-state index in [2.05, 4.69) is 14.7 Å². The molecule has 110 valence electrons. The number of aromatic amines is 1. The third kappa shape index (κ3) is 4.72. The van der Waals surface area contributed by atoms with E-state index in [-0.39, 0.29) is 6.61 Å². The molecule has 3 nitrogen and oxygen atoms in total. The van der Waals surface area contributed by atoms with Gasteiger partial charge in [0.15, 0.2) is 5.16 Å². The Morgan fingerprint density at radius 3 is 2.90 bits per heavy atom. The summed E-state index contributed by atoms with van der Waals surface area (Å²) in [5.74, 6) is 0.663. The number of aryl methyl sites for hydroxylation is 1.